The van der Waals surface area contributed by atoms with Crippen LogP contribution >= 0.6 is 11.8 Å². The molecule has 2 aliphatic rings. The molecule has 7 heteroatoms. The van der Waals surface area contributed by atoms with Crippen molar-refractivity contribution in [2.75, 3.05) is 23.3 Å². The molecule has 0 spiro atoms. The van der Waals surface area contributed by atoms with E-state index in [2.05, 4.69) is 0 Å². The number of hydrogen-bond donors (Lipinski definition) is 0. The number of carbonyl (C=O) groups excluding carboxylic acids is 2. The van der Waals surface area contributed by atoms with Crippen LogP contribution in [0.3, 0.4) is 0 Å². The molecule has 6 nitrogen and oxygen atoms in total. The number of nitrogens with zero attached hydrogens (tertiary/aromatic N) is 2. The first-order valence-electron chi connectivity index (χ1n) is 10.3. The molecule has 0 radical (unpaired) electrons. The second kappa shape index (κ2) is 8.33. The van der Waals surface area contributed by atoms with Crippen LogP contribution in [0.25, 0.3) is 0 Å². The molecule has 162 valence electrons. The summed E-state index contributed by atoms with van der Waals surface area (Å²) in [6.45, 7) is 0. The van der Waals surface area contributed by atoms with E-state index in [1.54, 1.807) is 48.2 Å². The van der Waals surface area contributed by atoms with Crippen LogP contribution in [-0.2, 0) is 14.4 Å². The highest BCUT2D eigenvalue weighted by atomic mass is 32.2. The van der Waals surface area contributed by atoms with E-state index in [4.69, 9.17) is 9.57 Å². The van der Waals surface area contributed by atoms with Crippen molar-refractivity contribution in [1.82, 2.24) is 0 Å². The van der Waals surface area contributed by atoms with Crippen molar-refractivity contribution < 1.29 is 19.2 Å². The quantitative estimate of drug-likeness (QED) is 0.426. The van der Waals surface area contributed by atoms with Gasteiger partial charge in [-0.3, -0.25) is 14.4 Å². The highest BCUT2D eigenvalue weighted by molar-refractivity contribution is 7.98. The summed E-state index contributed by atoms with van der Waals surface area (Å²) in [6.07, 6.45) is 1.13. The van der Waals surface area contributed by atoms with Crippen LogP contribution in [0.2, 0.25) is 0 Å². The van der Waals surface area contributed by atoms with E-state index < -0.39 is 18.1 Å². The third kappa shape index (κ3) is 3.34. The summed E-state index contributed by atoms with van der Waals surface area (Å²) in [6, 6.07) is 24.2. The summed E-state index contributed by atoms with van der Waals surface area (Å²) < 4.78 is 5.28. The topological polar surface area (TPSA) is 59.1 Å². The summed E-state index contributed by atoms with van der Waals surface area (Å²) in [5, 5.41) is 1.71. The Balaban J connectivity index is 1.57. The maximum Gasteiger partial charge on any atom is 0.266 e. The van der Waals surface area contributed by atoms with Gasteiger partial charge in [0.2, 0.25) is 5.91 Å². The molecule has 0 N–H and O–H groups in total. The van der Waals surface area contributed by atoms with Crippen molar-refractivity contribution in [1.29, 1.82) is 0 Å². The van der Waals surface area contributed by atoms with Gasteiger partial charge in [-0.2, -0.15) is 0 Å². The Kier molecular flexibility index (Phi) is 5.36. The minimum Gasteiger partial charge on any atom is -0.497 e. The third-order valence-corrected chi connectivity index (χ3v) is 6.64. The first-order valence-corrected chi connectivity index (χ1v) is 11.5. The number of hydroxylamine groups is 1. The molecule has 0 unspecified atom stereocenters. The molecule has 0 aromatic heterocycles. The van der Waals surface area contributed by atoms with Gasteiger partial charge >= 0.3 is 0 Å². The molecule has 2 fully saturated rings. The summed E-state index contributed by atoms with van der Waals surface area (Å²) in [5.41, 5.74) is 2.21. The van der Waals surface area contributed by atoms with E-state index in [0.717, 1.165) is 16.1 Å². The maximum atomic E-state index is 13.6. The molecular formula is C25H22N2O4S. The van der Waals surface area contributed by atoms with Crippen molar-refractivity contribution in [3.63, 3.8) is 0 Å². The number of amides is 2. The molecule has 2 aliphatic heterocycles. The monoisotopic (exact) mass is 446 g/mol. The first-order chi connectivity index (χ1) is 15.6. The predicted molar refractivity (Wildman–Crippen MR) is 124 cm³/mol. The van der Waals surface area contributed by atoms with Gasteiger partial charge in [-0.1, -0.05) is 36.4 Å². The number of fused-ring (bicyclic) bond motifs is 1. The molecular weight excluding hydrogens is 424 g/mol. The van der Waals surface area contributed by atoms with Gasteiger partial charge in [0.1, 0.15) is 11.7 Å². The predicted octanol–water partition coefficient (Wildman–Crippen LogP) is 4.47. The molecule has 2 amide bonds. The van der Waals surface area contributed by atoms with Crippen molar-refractivity contribution in [3.05, 3.63) is 84.4 Å². The maximum absolute atomic E-state index is 13.6. The summed E-state index contributed by atoms with van der Waals surface area (Å²) in [5.74, 6) is -0.715. The van der Waals surface area contributed by atoms with Gasteiger partial charge < -0.3 is 4.74 Å². The van der Waals surface area contributed by atoms with Crippen molar-refractivity contribution in [3.8, 4) is 5.75 Å². The Bertz CT molecular complexity index is 1150. The second-order valence-corrected chi connectivity index (χ2v) is 8.52. The van der Waals surface area contributed by atoms with Gasteiger partial charge in [-0.25, -0.2) is 9.96 Å². The molecule has 5 rings (SSSR count). The number of rotatable bonds is 5. The average molecular weight is 447 g/mol. The van der Waals surface area contributed by atoms with Gasteiger partial charge in [0.05, 0.1) is 24.5 Å². The summed E-state index contributed by atoms with van der Waals surface area (Å²) >= 11 is 1.65. The lowest BCUT2D eigenvalue weighted by Gasteiger charge is -2.29. The SMILES string of the molecule is COc1cccc(N2C(=O)[C@@H]3[C@H](ON(c4ccccc4)[C@@H]3c3ccc(SC)cc3)C2=O)c1. The van der Waals surface area contributed by atoms with Gasteiger partial charge in [0.25, 0.3) is 5.91 Å². The number of imide groups is 1. The van der Waals surface area contributed by atoms with Crippen LogP contribution in [0.4, 0.5) is 11.4 Å². The smallest absolute Gasteiger partial charge is 0.266 e. The molecule has 0 aliphatic carbocycles. The fourth-order valence-electron chi connectivity index (χ4n) is 4.36. The molecule has 32 heavy (non-hydrogen) atoms. The zero-order chi connectivity index (χ0) is 22.2. The average Bonchev–Trinajstić information content (AvgIpc) is 3.35. The lowest BCUT2D eigenvalue weighted by atomic mass is 9.90. The number of anilines is 2. The summed E-state index contributed by atoms with van der Waals surface area (Å²) in [4.78, 5) is 35.5. The van der Waals surface area contributed by atoms with Crippen LogP contribution < -0.4 is 14.7 Å². The highest BCUT2D eigenvalue weighted by Gasteiger charge is 2.60. The molecule has 0 saturated carbocycles. The van der Waals surface area contributed by atoms with Crippen LogP contribution in [-0.4, -0.2) is 31.3 Å². The van der Waals surface area contributed by atoms with E-state index in [0.29, 0.717) is 11.4 Å². The minimum absolute atomic E-state index is 0.273. The van der Waals surface area contributed by atoms with Crippen molar-refractivity contribution in [2.45, 2.75) is 17.0 Å². The number of ether oxygens (including phenoxy) is 1. The van der Waals surface area contributed by atoms with Crippen LogP contribution in [0.15, 0.2) is 83.8 Å². The van der Waals surface area contributed by atoms with Crippen LogP contribution in [0, 0.1) is 5.92 Å². The van der Waals surface area contributed by atoms with Gasteiger partial charge in [-0.05, 0) is 48.2 Å². The number of hydrogen-bond acceptors (Lipinski definition) is 6. The van der Waals surface area contributed by atoms with Gasteiger partial charge in [-0.15, -0.1) is 11.8 Å². The van der Waals surface area contributed by atoms with Crippen LogP contribution in [0.1, 0.15) is 11.6 Å². The third-order valence-electron chi connectivity index (χ3n) is 5.89. The van der Waals surface area contributed by atoms with Gasteiger partial charge in [0, 0.05) is 11.0 Å². The Morgan fingerprint density at radius 1 is 0.875 bits per heavy atom. The number of benzene rings is 3. The van der Waals surface area contributed by atoms with Crippen LogP contribution in [0.5, 0.6) is 5.75 Å². The number of methoxy groups -OCH3 is 1. The standard InChI is InChI=1S/C25H22N2O4S/c1-30-19-10-6-9-18(15-19)26-24(28)21-22(16-11-13-20(32-2)14-12-16)27(31-23(21)25(26)29)17-7-4-3-5-8-17/h3-15,21-23H,1-2H3/t21-,22+,23-/m0/s1. The van der Waals surface area contributed by atoms with E-state index in [1.165, 1.54) is 4.90 Å². The van der Waals surface area contributed by atoms with Crippen molar-refractivity contribution >= 4 is 35.0 Å². The molecule has 3 atom stereocenters. The zero-order valence-electron chi connectivity index (χ0n) is 17.7. The Morgan fingerprint density at radius 2 is 1.59 bits per heavy atom. The zero-order valence-corrected chi connectivity index (χ0v) is 18.5. The minimum atomic E-state index is -0.890. The van der Waals surface area contributed by atoms with E-state index in [1.807, 2.05) is 60.9 Å². The Morgan fingerprint density at radius 3 is 2.28 bits per heavy atom. The number of para-hydroxylation sites is 1. The number of thioether (sulfide) groups is 1. The number of carbonyl (C=O) groups is 2. The Labute approximate surface area is 190 Å². The van der Waals surface area contributed by atoms with Crippen molar-refractivity contribution in [2.24, 2.45) is 5.92 Å². The fourth-order valence-corrected chi connectivity index (χ4v) is 4.77. The lowest BCUT2D eigenvalue weighted by Crippen LogP contribution is -2.37. The molecule has 3 aromatic carbocycles. The molecule has 2 heterocycles. The second-order valence-electron chi connectivity index (χ2n) is 7.64. The summed E-state index contributed by atoms with van der Waals surface area (Å²) in [7, 11) is 1.55. The molecule has 2 saturated heterocycles. The van der Waals surface area contributed by atoms with Gasteiger partial charge in [0.15, 0.2) is 6.10 Å². The normalized spacial score (nSPS) is 22.4. The highest BCUT2D eigenvalue weighted by Crippen LogP contribution is 2.47. The largest absolute Gasteiger partial charge is 0.497 e. The van der Waals surface area contributed by atoms with E-state index in [9.17, 15) is 9.59 Å². The fraction of sp³-hybridized carbons (Fsp3) is 0.200. The van der Waals surface area contributed by atoms with E-state index in [-0.39, 0.29) is 11.8 Å². The molecule has 3 aromatic rings. The molecule has 0 bridgehead atoms. The lowest BCUT2D eigenvalue weighted by molar-refractivity contribution is -0.126. The first kappa shape index (κ1) is 20.6. The van der Waals surface area contributed by atoms with E-state index >= 15 is 0 Å². The Hall–Kier alpha value is -3.29.